The molecular weight excluding hydrogens is 277 g/mol. The maximum Gasteiger partial charge on any atom is 0.418 e. The number of halogens is 3. The minimum atomic E-state index is -4.53. The fraction of sp³-hybridized carbons (Fsp3) is 0.333. The van der Waals surface area contributed by atoms with Crippen LogP contribution >= 0.6 is 12.2 Å². The van der Waals surface area contributed by atoms with Crippen molar-refractivity contribution in [1.82, 2.24) is 5.32 Å². The van der Waals surface area contributed by atoms with Gasteiger partial charge in [-0.3, -0.25) is 9.69 Å². The summed E-state index contributed by atoms with van der Waals surface area (Å²) in [7, 11) is 0. The fourth-order valence-corrected chi connectivity index (χ4v) is 2.27. The lowest BCUT2D eigenvalue weighted by Gasteiger charge is -2.20. The van der Waals surface area contributed by atoms with Gasteiger partial charge in [0.05, 0.1) is 11.3 Å². The second kappa shape index (κ2) is 4.80. The van der Waals surface area contributed by atoms with E-state index in [0.717, 1.165) is 11.0 Å². The number of rotatable bonds is 2. The minimum Gasteiger partial charge on any atom is -0.350 e. The van der Waals surface area contributed by atoms with Gasteiger partial charge < -0.3 is 5.32 Å². The molecule has 1 aliphatic rings. The first-order valence-electron chi connectivity index (χ1n) is 5.67. The molecule has 19 heavy (non-hydrogen) atoms. The van der Waals surface area contributed by atoms with Crippen molar-refractivity contribution in [3.63, 3.8) is 0 Å². The Morgan fingerprint density at radius 2 is 2.00 bits per heavy atom. The third kappa shape index (κ3) is 2.42. The Morgan fingerprint density at radius 1 is 1.37 bits per heavy atom. The first kappa shape index (κ1) is 13.8. The molecule has 1 atom stereocenters. The Kier molecular flexibility index (Phi) is 3.49. The second-order valence-electron chi connectivity index (χ2n) is 4.10. The first-order valence-corrected chi connectivity index (χ1v) is 6.07. The summed E-state index contributed by atoms with van der Waals surface area (Å²) in [5.74, 6) is -0.454. The van der Waals surface area contributed by atoms with E-state index < -0.39 is 23.7 Å². The zero-order valence-corrected chi connectivity index (χ0v) is 10.8. The van der Waals surface area contributed by atoms with Gasteiger partial charge in [0.2, 0.25) is 0 Å². The minimum absolute atomic E-state index is 0.00792. The van der Waals surface area contributed by atoms with E-state index >= 15 is 0 Å². The third-order valence-corrected chi connectivity index (χ3v) is 3.18. The number of amides is 1. The van der Waals surface area contributed by atoms with Gasteiger partial charge in [-0.2, -0.15) is 13.2 Å². The average Bonchev–Trinajstić information content (AvgIpc) is 2.63. The summed E-state index contributed by atoms with van der Waals surface area (Å²) in [4.78, 5) is 13.0. The largest absolute Gasteiger partial charge is 0.418 e. The van der Waals surface area contributed by atoms with E-state index in [2.05, 4.69) is 5.32 Å². The van der Waals surface area contributed by atoms with Crippen LogP contribution in [0, 0.1) is 0 Å². The normalized spacial score (nSPS) is 19.8. The molecule has 1 N–H and O–H groups in total. The third-order valence-electron chi connectivity index (χ3n) is 2.88. The van der Waals surface area contributed by atoms with E-state index in [0.29, 0.717) is 6.42 Å². The number of hydrogen-bond acceptors (Lipinski definition) is 2. The molecule has 1 saturated heterocycles. The van der Waals surface area contributed by atoms with Gasteiger partial charge >= 0.3 is 6.18 Å². The van der Waals surface area contributed by atoms with Gasteiger partial charge in [0.1, 0.15) is 6.04 Å². The molecule has 0 aliphatic carbocycles. The molecule has 1 aromatic rings. The Balaban J connectivity index is 2.49. The van der Waals surface area contributed by atoms with Gasteiger partial charge in [-0.1, -0.05) is 19.1 Å². The molecule has 1 unspecified atom stereocenters. The number of alkyl halides is 3. The molecule has 7 heteroatoms. The van der Waals surface area contributed by atoms with Gasteiger partial charge in [-0.05, 0) is 30.8 Å². The van der Waals surface area contributed by atoms with Crippen LogP contribution in [0.5, 0.6) is 0 Å². The number of carbonyl (C=O) groups excluding carboxylic acids is 1. The fourth-order valence-electron chi connectivity index (χ4n) is 1.94. The summed E-state index contributed by atoms with van der Waals surface area (Å²) in [6.45, 7) is 1.76. The molecule has 1 fully saturated rings. The summed E-state index contributed by atoms with van der Waals surface area (Å²) in [5.41, 5.74) is -1.10. The van der Waals surface area contributed by atoms with Gasteiger partial charge in [-0.25, -0.2) is 0 Å². The van der Waals surface area contributed by atoms with Crippen LogP contribution in [-0.4, -0.2) is 17.1 Å². The number of para-hydroxylation sites is 1. The van der Waals surface area contributed by atoms with E-state index in [1.165, 1.54) is 18.2 Å². The van der Waals surface area contributed by atoms with Gasteiger partial charge in [0, 0.05) is 0 Å². The van der Waals surface area contributed by atoms with Crippen LogP contribution in [0.2, 0.25) is 0 Å². The second-order valence-corrected chi connectivity index (χ2v) is 4.49. The highest BCUT2D eigenvalue weighted by Crippen LogP contribution is 2.37. The number of carbonyl (C=O) groups is 1. The number of benzene rings is 1. The van der Waals surface area contributed by atoms with Crippen molar-refractivity contribution in [2.45, 2.75) is 25.6 Å². The van der Waals surface area contributed by atoms with Crippen LogP contribution in [-0.2, 0) is 11.0 Å². The summed E-state index contributed by atoms with van der Waals surface area (Å²) < 4.78 is 38.8. The van der Waals surface area contributed by atoms with Gasteiger partial charge in [-0.15, -0.1) is 0 Å². The van der Waals surface area contributed by atoms with E-state index in [1.54, 1.807) is 6.92 Å². The smallest absolute Gasteiger partial charge is 0.350 e. The standard InChI is InChI=1S/C12H11F3N2OS/c1-2-8-10(18)17(11(19)16-8)9-6-4-3-5-7(9)12(13,14)15/h3-6,8H,2H2,1H3,(H,16,19). The quantitative estimate of drug-likeness (QED) is 0.849. The SMILES string of the molecule is CCC1NC(=S)N(c2ccccc2C(F)(F)F)C1=O. The monoisotopic (exact) mass is 288 g/mol. The number of thiocarbonyl (C=S) groups is 1. The molecule has 0 spiro atoms. The van der Waals surface area contributed by atoms with Gasteiger partial charge in [0.15, 0.2) is 5.11 Å². The van der Waals surface area contributed by atoms with E-state index in [4.69, 9.17) is 12.2 Å². The highest BCUT2D eigenvalue weighted by atomic mass is 32.1. The van der Waals surface area contributed by atoms with Crippen LogP contribution in [0.25, 0.3) is 0 Å². The Labute approximate surface area is 113 Å². The lowest BCUT2D eigenvalue weighted by Crippen LogP contribution is -2.32. The van der Waals surface area contributed by atoms with Gasteiger partial charge in [0.25, 0.3) is 5.91 Å². The zero-order chi connectivity index (χ0) is 14.2. The molecule has 1 aromatic carbocycles. The zero-order valence-electron chi connectivity index (χ0n) is 9.99. The Bertz CT molecular complexity index is 530. The number of hydrogen-bond donors (Lipinski definition) is 1. The first-order chi connectivity index (χ1) is 8.86. The highest BCUT2D eigenvalue weighted by molar-refractivity contribution is 7.80. The van der Waals surface area contributed by atoms with Crippen LogP contribution in [0.4, 0.5) is 18.9 Å². The lowest BCUT2D eigenvalue weighted by molar-refractivity contribution is -0.137. The predicted molar refractivity (Wildman–Crippen MR) is 68.7 cm³/mol. The van der Waals surface area contributed by atoms with Crippen molar-refractivity contribution in [3.8, 4) is 0 Å². The molecule has 102 valence electrons. The van der Waals surface area contributed by atoms with Crippen molar-refractivity contribution in [2.75, 3.05) is 4.90 Å². The van der Waals surface area contributed by atoms with Crippen LogP contribution in [0.15, 0.2) is 24.3 Å². The van der Waals surface area contributed by atoms with E-state index in [9.17, 15) is 18.0 Å². The number of nitrogens with zero attached hydrogens (tertiary/aromatic N) is 1. The molecule has 1 heterocycles. The van der Waals surface area contributed by atoms with Crippen LogP contribution in [0.3, 0.4) is 0 Å². The molecular formula is C12H11F3N2OS. The average molecular weight is 288 g/mol. The predicted octanol–water partition coefficient (Wildman–Crippen LogP) is 2.71. The van der Waals surface area contributed by atoms with Crippen LogP contribution < -0.4 is 10.2 Å². The molecule has 3 nitrogen and oxygen atoms in total. The Hall–Kier alpha value is -1.63. The Morgan fingerprint density at radius 3 is 2.53 bits per heavy atom. The summed E-state index contributed by atoms with van der Waals surface area (Å²) in [6, 6.07) is 4.34. The molecule has 1 aliphatic heterocycles. The number of nitrogens with one attached hydrogen (secondary N) is 1. The molecule has 2 rings (SSSR count). The molecule has 0 bridgehead atoms. The summed E-state index contributed by atoms with van der Waals surface area (Å²) in [5, 5.41) is 2.73. The molecule has 0 saturated carbocycles. The van der Waals surface area contributed by atoms with Crippen molar-refractivity contribution in [1.29, 1.82) is 0 Å². The summed E-state index contributed by atoms with van der Waals surface area (Å²) in [6.07, 6.45) is -4.07. The summed E-state index contributed by atoms with van der Waals surface area (Å²) >= 11 is 4.95. The molecule has 0 radical (unpaired) electrons. The molecule has 0 aromatic heterocycles. The molecule has 1 amide bonds. The van der Waals surface area contributed by atoms with Crippen LogP contribution in [0.1, 0.15) is 18.9 Å². The highest BCUT2D eigenvalue weighted by Gasteiger charge is 2.41. The van der Waals surface area contributed by atoms with Crippen molar-refractivity contribution in [3.05, 3.63) is 29.8 Å². The van der Waals surface area contributed by atoms with Crippen molar-refractivity contribution in [2.24, 2.45) is 0 Å². The maximum absolute atomic E-state index is 12.9. The topological polar surface area (TPSA) is 32.3 Å². The van der Waals surface area contributed by atoms with Crippen molar-refractivity contribution >= 4 is 28.9 Å². The number of anilines is 1. The van der Waals surface area contributed by atoms with Crippen molar-refractivity contribution < 1.29 is 18.0 Å². The van der Waals surface area contributed by atoms with E-state index in [-0.39, 0.29) is 10.8 Å². The lowest BCUT2D eigenvalue weighted by atomic mass is 10.1. The van der Waals surface area contributed by atoms with E-state index in [1.807, 2.05) is 0 Å². The maximum atomic E-state index is 12.9.